The maximum atomic E-state index is 13.2. The molecule has 0 spiro atoms. The van der Waals surface area contributed by atoms with E-state index in [-0.39, 0.29) is 10.3 Å². The van der Waals surface area contributed by atoms with Gasteiger partial charge in [-0.1, -0.05) is 32.9 Å². The van der Waals surface area contributed by atoms with Gasteiger partial charge in [0.2, 0.25) is 0 Å². The minimum Gasteiger partial charge on any atom is -0.376 e. The fourth-order valence-electron chi connectivity index (χ4n) is 3.77. The van der Waals surface area contributed by atoms with Gasteiger partial charge in [0.1, 0.15) is 5.82 Å². The summed E-state index contributed by atoms with van der Waals surface area (Å²) in [4.78, 5) is 6.76. The fraction of sp³-hybridized carbons (Fsp3) is 0.280. The molecule has 0 bridgehead atoms. The van der Waals surface area contributed by atoms with E-state index in [4.69, 9.17) is 0 Å². The predicted molar refractivity (Wildman–Crippen MR) is 134 cm³/mol. The topological polar surface area (TPSA) is 80.1 Å². The number of nitrogens with one attached hydrogen (secondary N) is 1. The second kappa shape index (κ2) is 8.19. The van der Waals surface area contributed by atoms with E-state index in [0.717, 1.165) is 27.8 Å². The summed E-state index contributed by atoms with van der Waals surface area (Å²) < 4.78 is 30.7. The van der Waals surface area contributed by atoms with Gasteiger partial charge >= 0.3 is 0 Å². The van der Waals surface area contributed by atoms with Crippen LogP contribution in [-0.4, -0.2) is 37.3 Å². The van der Waals surface area contributed by atoms with Crippen LogP contribution in [0.4, 0.5) is 11.5 Å². The van der Waals surface area contributed by atoms with Crippen LogP contribution >= 0.6 is 0 Å². The molecule has 7 nitrogen and oxygen atoms in total. The third-order valence-electron chi connectivity index (χ3n) is 5.54. The van der Waals surface area contributed by atoms with E-state index in [1.807, 2.05) is 62.3 Å². The maximum absolute atomic E-state index is 13.2. The maximum Gasteiger partial charge on any atom is 0.263 e. The van der Waals surface area contributed by atoms with E-state index in [1.54, 1.807) is 29.1 Å². The first-order valence-electron chi connectivity index (χ1n) is 10.7. The van der Waals surface area contributed by atoms with Crippen molar-refractivity contribution in [2.45, 2.75) is 38.0 Å². The average molecular weight is 464 g/mol. The summed E-state index contributed by atoms with van der Waals surface area (Å²) in [6.07, 6.45) is 1.75. The van der Waals surface area contributed by atoms with E-state index in [9.17, 15) is 8.42 Å². The highest BCUT2D eigenvalue weighted by atomic mass is 32.2. The monoisotopic (exact) mass is 463 g/mol. The Hall–Kier alpha value is -3.39. The Balaban J connectivity index is 1.77. The molecule has 2 aromatic carbocycles. The Morgan fingerprint density at radius 1 is 1.00 bits per heavy atom. The van der Waals surface area contributed by atoms with Crippen LogP contribution in [0.1, 0.15) is 32.0 Å². The minimum atomic E-state index is -3.80. The molecule has 0 unspecified atom stereocenters. The summed E-state index contributed by atoms with van der Waals surface area (Å²) in [5.74, 6) is 0.371. The largest absolute Gasteiger partial charge is 0.376 e. The smallest absolute Gasteiger partial charge is 0.263 e. The van der Waals surface area contributed by atoms with Crippen molar-refractivity contribution in [3.05, 3.63) is 72.1 Å². The summed E-state index contributed by atoms with van der Waals surface area (Å²) in [6.45, 7) is 8.12. The fourth-order valence-corrected chi connectivity index (χ4v) is 4.81. The molecule has 2 heterocycles. The van der Waals surface area contributed by atoms with Gasteiger partial charge in [0.15, 0.2) is 0 Å². The van der Waals surface area contributed by atoms with Gasteiger partial charge in [-0.05, 0) is 54.3 Å². The lowest BCUT2D eigenvalue weighted by atomic mass is 9.87. The number of nitrogens with zero attached hydrogens (tertiary/aromatic N) is 4. The Bertz CT molecular complexity index is 1420. The zero-order valence-electron chi connectivity index (χ0n) is 19.8. The van der Waals surface area contributed by atoms with Gasteiger partial charge < -0.3 is 4.90 Å². The summed E-state index contributed by atoms with van der Waals surface area (Å²) in [5.41, 5.74) is 4.25. The number of benzene rings is 2. The first kappa shape index (κ1) is 22.8. The highest BCUT2D eigenvalue weighted by Crippen LogP contribution is 2.31. The minimum absolute atomic E-state index is 0.0563. The lowest BCUT2D eigenvalue weighted by Crippen LogP contribution is -2.17. The zero-order valence-corrected chi connectivity index (χ0v) is 20.6. The third kappa shape index (κ3) is 4.43. The predicted octanol–water partition coefficient (Wildman–Crippen LogP) is 4.89. The second-order valence-electron chi connectivity index (χ2n) is 9.36. The molecule has 0 saturated heterocycles. The molecule has 172 valence electrons. The Morgan fingerprint density at radius 2 is 1.70 bits per heavy atom. The van der Waals surface area contributed by atoms with Gasteiger partial charge in [-0.2, -0.15) is 5.10 Å². The van der Waals surface area contributed by atoms with Gasteiger partial charge in [-0.15, -0.1) is 0 Å². The molecule has 0 fully saturated rings. The molecule has 4 rings (SSSR count). The number of aromatic nitrogens is 3. The molecule has 0 radical (unpaired) electrons. The van der Waals surface area contributed by atoms with Gasteiger partial charge in [0, 0.05) is 31.7 Å². The quantitative estimate of drug-likeness (QED) is 0.456. The number of fused-ring (bicyclic) bond motifs is 1. The Labute approximate surface area is 195 Å². The molecule has 0 amide bonds. The van der Waals surface area contributed by atoms with Gasteiger partial charge in [0.05, 0.1) is 27.5 Å². The van der Waals surface area contributed by atoms with Crippen molar-refractivity contribution >= 4 is 32.4 Å². The van der Waals surface area contributed by atoms with E-state index in [1.165, 1.54) is 0 Å². The molecule has 4 aromatic rings. The van der Waals surface area contributed by atoms with Crippen LogP contribution in [0.2, 0.25) is 0 Å². The lowest BCUT2D eigenvalue weighted by Gasteiger charge is -2.19. The van der Waals surface area contributed by atoms with Crippen LogP contribution in [0.5, 0.6) is 0 Å². The second-order valence-corrected chi connectivity index (χ2v) is 11.0. The molecule has 0 aliphatic heterocycles. The highest BCUT2D eigenvalue weighted by molar-refractivity contribution is 7.92. The van der Waals surface area contributed by atoms with E-state index in [2.05, 4.69) is 35.6 Å². The first-order valence-corrected chi connectivity index (χ1v) is 12.2. The molecule has 2 aromatic heterocycles. The van der Waals surface area contributed by atoms with Crippen molar-refractivity contribution in [2.24, 2.45) is 0 Å². The standard InChI is InChI=1S/C25H29N5O2S/c1-17-16-23(28-33(31,32)19-11-9-18(10-12-19)25(2,3)4)30(27-17)21-13-14-22(29(5)6)24-20(21)8-7-15-26-24/h7-16,28H,1-6H3. The third-order valence-corrected chi connectivity index (χ3v) is 6.91. The number of pyridine rings is 1. The van der Waals surface area contributed by atoms with Crippen molar-refractivity contribution < 1.29 is 8.42 Å². The number of hydrogen-bond acceptors (Lipinski definition) is 5. The SMILES string of the molecule is Cc1cc(NS(=O)(=O)c2ccc(C(C)(C)C)cc2)n(-c2ccc(N(C)C)c3ncccc23)n1. The Morgan fingerprint density at radius 3 is 2.33 bits per heavy atom. The summed E-state index contributed by atoms with van der Waals surface area (Å²) in [7, 11) is 0.126. The van der Waals surface area contributed by atoms with E-state index in [0.29, 0.717) is 11.5 Å². The van der Waals surface area contributed by atoms with Crippen LogP contribution in [-0.2, 0) is 15.4 Å². The molecular formula is C25H29N5O2S. The summed E-state index contributed by atoms with van der Waals surface area (Å²) in [5, 5.41) is 5.45. The number of aryl methyl sites for hydroxylation is 1. The van der Waals surface area contributed by atoms with Crippen LogP contribution in [0, 0.1) is 6.92 Å². The van der Waals surface area contributed by atoms with Gasteiger partial charge in [0.25, 0.3) is 10.0 Å². The van der Waals surface area contributed by atoms with Gasteiger partial charge in [-0.25, -0.2) is 13.1 Å². The van der Waals surface area contributed by atoms with Crippen LogP contribution < -0.4 is 9.62 Å². The van der Waals surface area contributed by atoms with E-state index < -0.39 is 10.0 Å². The Kier molecular flexibility index (Phi) is 5.66. The first-order chi connectivity index (χ1) is 15.5. The molecule has 0 aliphatic rings. The van der Waals surface area contributed by atoms with Crippen LogP contribution in [0.25, 0.3) is 16.6 Å². The van der Waals surface area contributed by atoms with Crippen molar-refractivity contribution in [3.63, 3.8) is 0 Å². The molecular weight excluding hydrogens is 434 g/mol. The molecule has 8 heteroatoms. The molecule has 0 aliphatic carbocycles. The van der Waals surface area contributed by atoms with Gasteiger partial charge in [-0.3, -0.25) is 9.71 Å². The normalized spacial score (nSPS) is 12.2. The van der Waals surface area contributed by atoms with Crippen molar-refractivity contribution in [1.29, 1.82) is 0 Å². The van der Waals surface area contributed by atoms with Crippen molar-refractivity contribution in [2.75, 3.05) is 23.7 Å². The van der Waals surface area contributed by atoms with Crippen molar-refractivity contribution in [1.82, 2.24) is 14.8 Å². The molecule has 0 saturated carbocycles. The summed E-state index contributed by atoms with van der Waals surface area (Å²) in [6, 6.07) is 16.4. The molecule has 1 N–H and O–H groups in total. The lowest BCUT2D eigenvalue weighted by molar-refractivity contribution is 0.587. The summed E-state index contributed by atoms with van der Waals surface area (Å²) >= 11 is 0. The zero-order chi connectivity index (χ0) is 24.0. The van der Waals surface area contributed by atoms with Crippen molar-refractivity contribution in [3.8, 4) is 5.69 Å². The van der Waals surface area contributed by atoms with Crippen LogP contribution in [0.3, 0.4) is 0 Å². The number of rotatable bonds is 5. The average Bonchev–Trinajstić information content (AvgIpc) is 3.11. The highest BCUT2D eigenvalue weighted by Gasteiger charge is 2.21. The van der Waals surface area contributed by atoms with Crippen LogP contribution in [0.15, 0.2) is 65.7 Å². The number of sulfonamides is 1. The molecule has 33 heavy (non-hydrogen) atoms. The number of hydrogen-bond donors (Lipinski definition) is 1. The molecule has 0 atom stereocenters. The van der Waals surface area contributed by atoms with E-state index >= 15 is 0 Å². The number of anilines is 2.